The summed E-state index contributed by atoms with van der Waals surface area (Å²) >= 11 is 6.24. The number of nitrogens with one attached hydrogen (secondary N) is 2. The van der Waals surface area contributed by atoms with Crippen molar-refractivity contribution in [1.29, 1.82) is 0 Å². The number of benzene rings is 1. The van der Waals surface area contributed by atoms with Crippen molar-refractivity contribution in [2.24, 2.45) is 0 Å². The van der Waals surface area contributed by atoms with Gasteiger partial charge in [-0.1, -0.05) is 18.5 Å². The Labute approximate surface area is 131 Å². The van der Waals surface area contributed by atoms with Crippen molar-refractivity contribution in [3.63, 3.8) is 0 Å². The summed E-state index contributed by atoms with van der Waals surface area (Å²) in [7, 11) is 1.77. The lowest BCUT2D eigenvalue weighted by Gasteiger charge is -2.29. The minimum absolute atomic E-state index is 0.00359. The molecule has 1 saturated carbocycles. The number of anilines is 2. The highest BCUT2D eigenvalue weighted by Gasteiger charge is 2.21. The molecule has 21 heavy (non-hydrogen) atoms. The molecular weight excluding hydrogens is 288 g/mol. The van der Waals surface area contributed by atoms with Crippen LogP contribution >= 0.6 is 11.6 Å². The summed E-state index contributed by atoms with van der Waals surface area (Å²) in [6, 6.07) is 5.95. The van der Waals surface area contributed by atoms with E-state index < -0.39 is 0 Å². The minimum atomic E-state index is 0.00359. The Kier molecular flexibility index (Phi) is 5.88. The molecule has 0 unspecified atom stereocenters. The fraction of sp³-hybridized carbons (Fsp3) is 0.562. The molecule has 1 aromatic carbocycles. The van der Waals surface area contributed by atoms with Gasteiger partial charge < -0.3 is 15.4 Å². The second-order valence-electron chi connectivity index (χ2n) is 5.45. The van der Waals surface area contributed by atoms with E-state index in [0.717, 1.165) is 37.1 Å². The van der Waals surface area contributed by atoms with Gasteiger partial charge in [-0.25, -0.2) is 0 Å². The molecule has 2 rings (SSSR count). The van der Waals surface area contributed by atoms with Gasteiger partial charge in [-0.3, -0.25) is 4.79 Å². The van der Waals surface area contributed by atoms with E-state index in [1.165, 1.54) is 0 Å². The first-order chi connectivity index (χ1) is 10.1. The smallest absolute Gasteiger partial charge is 0.224 e. The lowest BCUT2D eigenvalue weighted by molar-refractivity contribution is -0.115. The molecule has 1 aliphatic rings. The number of ether oxygens (including phenoxy) is 1. The van der Waals surface area contributed by atoms with Crippen molar-refractivity contribution in [1.82, 2.24) is 0 Å². The van der Waals surface area contributed by atoms with Gasteiger partial charge in [0, 0.05) is 25.3 Å². The highest BCUT2D eigenvalue weighted by Crippen LogP contribution is 2.30. The summed E-state index contributed by atoms with van der Waals surface area (Å²) in [5.74, 6) is 0.00359. The number of amides is 1. The van der Waals surface area contributed by atoms with Crippen molar-refractivity contribution < 1.29 is 9.53 Å². The van der Waals surface area contributed by atoms with Gasteiger partial charge in [0.1, 0.15) is 0 Å². The highest BCUT2D eigenvalue weighted by molar-refractivity contribution is 6.33. The van der Waals surface area contributed by atoms with E-state index in [1.54, 1.807) is 7.11 Å². The second-order valence-corrected chi connectivity index (χ2v) is 5.86. The number of carbonyl (C=O) groups excluding carboxylic acids is 1. The van der Waals surface area contributed by atoms with E-state index in [1.807, 2.05) is 25.1 Å². The van der Waals surface area contributed by atoms with Crippen LogP contribution in [0.3, 0.4) is 0 Å². The van der Waals surface area contributed by atoms with Gasteiger partial charge >= 0.3 is 0 Å². The van der Waals surface area contributed by atoms with E-state index in [2.05, 4.69) is 10.6 Å². The zero-order valence-corrected chi connectivity index (χ0v) is 13.4. The topological polar surface area (TPSA) is 50.4 Å². The summed E-state index contributed by atoms with van der Waals surface area (Å²) in [6.45, 7) is 1.83. The van der Waals surface area contributed by atoms with Gasteiger partial charge in [0.15, 0.2) is 0 Å². The predicted octanol–water partition coefficient (Wildman–Crippen LogP) is 4.06. The first kappa shape index (κ1) is 16.1. The van der Waals surface area contributed by atoms with Crippen molar-refractivity contribution in [2.75, 3.05) is 17.7 Å². The maximum absolute atomic E-state index is 11.5. The zero-order chi connectivity index (χ0) is 15.2. The van der Waals surface area contributed by atoms with Crippen LogP contribution in [0.1, 0.15) is 39.0 Å². The summed E-state index contributed by atoms with van der Waals surface area (Å²) in [5, 5.41) is 7.02. The van der Waals surface area contributed by atoms with Gasteiger partial charge in [-0.05, 0) is 43.9 Å². The monoisotopic (exact) mass is 310 g/mol. The van der Waals surface area contributed by atoms with Crippen LogP contribution in [0.4, 0.5) is 11.4 Å². The predicted molar refractivity (Wildman–Crippen MR) is 87.0 cm³/mol. The lowest BCUT2D eigenvalue weighted by Crippen LogP contribution is -2.29. The maximum atomic E-state index is 11.5. The third-order valence-corrected chi connectivity index (χ3v) is 4.27. The van der Waals surface area contributed by atoms with E-state index in [-0.39, 0.29) is 5.91 Å². The molecule has 0 spiro atoms. The Hall–Kier alpha value is -1.26. The average molecular weight is 311 g/mol. The molecule has 0 atom stereocenters. The Morgan fingerprint density at radius 1 is 1.33 bits per heavy atom. The molecule has 0 aliphatic heterocycles. The van der Waals surface area contributed by atoms with Crippen LogP contribution in [0, 0.1) is 0 Å². The first-order valence-corrected chi connectivity index (χ1v) is 7.89. The molecule has 1 amide bonds. The normalized spacial score (nSPS) is 21.9. The maximum Gasteiger partial charge on any atom is 0.224 e. The van der Waals surface area contributed by atoms with Crippen LogP contribution < -0.4 is 10.6 Å². The highest BCUT2D eigenvalue weighted by atomic mass is 35.5. The number of halogens is 1. The third-order valence-electron chi connectivity index (χ3n) is 3.94. The SMILES string of the molecule is CCC(=O)Nc1ccc(Cl)c(NC2CCC(OC)CC2)c1. The van der Waals surface area contributed by atoms with Gasteiger partial charge in [0.2, 0.25) is 5.91 Å². The second kappa shape index (κ2) is 7.66. The van der Waals surface area contributed by atoms with Gasteiger partial charge in [-0.15, -0.1) is 0 Å². The lowest BCUT2D eigenvalue weighted by atomic mass is 9.93. The van der Waals surface area contributed by atoms with Crippen LogP contribution in [-0.4, -0.2) is 25.2 Å². The molecule has 0 bridgehead atoms. The van der Waals surface area contributed by atoms with E-state index in [0.29, 0.717) is 23.6 Å². The fourth-order valence-electron chi connectivity index (χ4n) is 2.63. The van der Waals surface area contributed by atoms with Crippen molar-refractivity contribution in [3.8, 4) is 0 Å². The number of hydrogen-bond acceptors (Lipinski definition) is 3. The number of methoxy groups -OCH3 is 1. The first-order valence-electron chi connectivity index (χ1n) is 7.51. The van der Waals surface area contributed by atoms with Crippen molar-refractivity contribution in [2.45, 2.75) is 51.2 Å². The number of hydrogen-bond donors (Lipinski definition) is 2. The molecule has 5 heteroatoms. The third kappa shape index (κ3) is 4.61. The van der Waals surface area contributed by atoms with Crippen LogP contribution in [-0.2, 0) is 9.53 Å². The molecular formula is C16H23ClN2O2. The number of rotatable bonds is 5. The van der Waals surface area contributed by atoms with Crippen LogP contribution in [0.15, 0.2) is 18.2 Å². The zero-order valence-electron chi connectivity index (χ0n) is 12.6. The number of carbonyl (C=O) groups is 1. The summed E-state index contributed by atoms with van der Waals surface area (Å²) in [6.07, 6.45) is 5.12. The van der Waals surface area contributed by atoms with E-state index in [4.69, 9.17) is 16.3 Å². The Balaban J connectivity index is 1.99. The van der Waals surface area contributed by atoms with Crippen LogP contribution in [0.5, 0.6) is 0 Å². The van der Waals surface area contributed by atoms with Crippen LogP contribution in [0.2, 0.25) is 5.02 Å². The van der Waals surface area contributed by atoms with Gasteiger partial charge in [0.25, 0.3) is 0 Å². The molecule has 4 nitrogen and oxygen atoms in total. The van der Waals surface area contributed by atoms with E-state index in [9.17, 15) is 4.79 Å². The summed E-state index contributed by atoms with van der Waals surface area (Å²) in [4.78, 5) is 11.5. The standard InChI is InChI=1S/C16H23ClN2O2/c1-3-16(20)19-12-6-9-14(17)15(10-12)18-11-4-7-13(21-2)8-5-11/h6,9-11,13,18H,3-5,7-8H2,1-2H3,(H,19,20). The van der Waals surface area contributed by atoms with Crippen LogP contribution in [0.25, 0.3) is 0 Å². The quantitative estimate of drug-likeness (QED) is 0.862. The summed E-state index contributed by atoms with van der Waals surface area (Å²) < 4.78 is 5.39. The Morgan fingerprint density at radius 3 is 2.67 bits per heavy atom. The molecule has 116 valence electrons. The summed E-state index contributed by atoms with van der Waals surface area (Å²) in [5.41, 5.74) is 1.66. The molecule has 1 fully saturated rings. The minimum Gasteiger partial charge on any atom is -0.381 e. The largest absolute Gasteiger partial charge is 0.381 e. The molecule has 0 aromatic heterocycles. The Morgan fingerprint density at radius 2 is 2.05 bits per heavy atom. The molecule has 1 aliphatic carbocycles. The van der Waals surface area contributed by atoms with Crippen molar-refractivity contribution in [3.05, 3.63) is 23.2 Å². The van der Waals surface area contributed by atoms with Gasteiger partial charge in [-0.2, -0.15) is 0 Å². The van der Waals surface area contributed by atoms with E-state index >= 15 is 0 Å². The molecule has 0 heterocycles. The fourth-order valence-corrected chi connectivity index (χ4v) is 2.80. The molecule has 0 radical (unpaired) electrons. The Bertz CT molecular complexity index is 485. The van der Waals surface area contributed by atoms with Crippen molar-refractivity contribution >= 4 is 28.9 Å². The van der Waals surface area contributed by atoms with Gasteiger partial charge in [0.05, 0.1) is 16.8 Å². The average Bonchev–Trinajstić information content (AvgIpc) is 2.51. The molecule has 2 N–H and O–H groups in total. The molecule has 1 aromatic rings. The molecule has 0 saturated heterocycles.